The first-order valence-electron chi connectivity index (χ1n) is 5.78. The van der Waals surface area contributed by atoms with Crippen molar-refractivity contribution in [3.8, 4) is 0 Å². The van der Waals surface area contributed by atoms with E-state index in [2.05, 4.69) is 27.6 Å². The molecular formula is C11H17N5O. The second-order valence-corrected chi connectivity index (χ2v) is 4.52. The van der Waals surface area contributed by atoms with E-state index in [0.29, 0.717) is 17.4 Å². The van der Waals surface area contributed by atoms with Crippen LogP contribution in [0.2, 0.25) is 0 Å². The number of amides is 1. The first-order valence-corrected chi connectivity index (χ1v) is 5.78. The zero-order valence-corrected chi connectivity index (χ0v) is 9.81. The number of rotatable bonds is 3. The summed E-state index contributed by atoms with van der Waals surface area (Å²) in [6, 6.07) is 0.270. The maximum atomic E-state index is 11.8. The smallest absolute Gasteiger partial charge is 0.271 e. The Morgan fingerprint density at radius 3 is 2.76 bits per heavy atom. The lowest BCUT2D eigenvalue weighted by Crippen LogP contribution is -2.33. The Kier molecular flexibility index (Phi) is 3.53. The van der Waals surface area contributed by atoms with Gasteiger partial charge in [0.2, 0.25) is 0 Å². The number of hydrazine groups is 1. The second-order valence-electron chi connectivity index (χ2n) is 4.52. The van der Waals surface area contributed by atoms with Crippen LogP contribution in [-0.2, 0) is 0 Å². The standard InChI is InChI=1S/C11H17N5O/c1-7-2-3-8(4-7)15-11(17)9-5-14-10(16-12)6-13-9/h5-8H,2-4,12H2,1H3,(H,14,16)(H,15,17). The zero-order valence-electron chi connectivity index (χ0n) is 9.81. The zero-order chi connectivity index (χ0) is 12.3. The Morgan fingerprint density at radius 1 is 1.41 bits per heavy atom. The summed E-state index contributed by atoms with van der Waals surface area (Å²) in [4.78, 5) is 19.8. The number of aromatic nitrogens is 2. The van der Waals surface area contributed by atoms with Gasteiger partial charge >= 0.3 is 0 Å². The summed E-state index contributed by atoms with van der Waals surface area (Å²) in [5, 5.41) is 2.97. The van der Waals surface area contributed by atoms with Gasteiger partial charge in [-0.15, -0.1) is 0 Å². The summed E-state index contributed by atoms with van der Waals surface area (Å²) in [6.07, 6.45) is 6.12. The fraction of sp³-hybridized carbons (Fsp3) is 0.545. The molecule has 0 aromatic carbocycles. The minimum Gasteiger partial charge on any atom is -0.348 e. The molecule has 6 heteroatoms. The SMILES string of the molecule is CC1CCC(NC(=O)c2cnc(NN)cn2)C1. The summed E-state index contributed by atoms with van der Waals surface area (Å²) in [6.45, 7) is 2.20. The van der Waals surface area contributed by atoms with Crippen molar-refractivity contribution in [1.29, 1.82) is 0 Å². The minimum atomic E-state index is -0.167. The van der Waals surface area contributed by atoms with Crippen LogP contribution in [0.15, 0.2) is 12.4 Å². The highest BCUT2D eigenvalue weighted by Gasteiger charge is 2.23. The number of anilines is 1. The molecule has 1 aliphatic carbocycles. The number of nitrogens with one attached hydrogen (secondary N) is 2. The van der Waals surface area contributed by atoms with E-state index in [1.165, 1.54) is 18.8 Å². The Labute approximate surface area is 100.0 Å². The largest absolute Gasteiger partial charge is 0.348 e. The van der Waals surface area contributed by atoms with E-state index in [1.54, 1.807) is 0 Å². The molecule has 0 radical (unpaired) electrons. The third-order valence-electron chi connectivity index (χ3n) is 3.06. The van der Waals surface area contributed by atoms with Crippen LogP contribution in [-0.4, -0.2) is 21.9 Å². The number of hydrogen-bond acceptors (Lipinski definition) is 5. The third kappa shape index (κ3) is 2.91. The number of nitrogens with zero attached hydrogens (tertiary/aromatic N) is 2. The maximum Gasteiger partial charge on any atom is 0.271 e. The summed E-state index contributed by atoms with van der Waals surface area (Å²) in [7, 11) is 0. The van der Waals surface area contributed by atoms with Gasteiger partial charge in [0.05, 0.1) is 12.4 Å². The summed E-state index contributed by atoms with van der Waals surface area (Å²) in [5.41, 5.74) is 2.69. The van der Waals surface area contributed by atoms with E-state index in [0.717, 1.165) is 12.8 Å². The average molecular weight is 235 g/mol. The van der Waals surface area contributed by atoms with Crippen molar-refractivity contribution in [2.45, 2.75) is 32.2 Å². The van der Waals surface area contributed by atoms with E-state index >= 15 is 0 Å². The van der Waals surface area contributed by atoms with Crippen molar-refractivity contribution in [1.82, 2.24) is 15.3 Å². The molecule has 1 fully saturated rings. The second kappa shape index (κ2) is 5.09. The fourth-order valence-electron chi connectivity index (χ4n) is 2.12. The molecule has 1 aromatic heterocycles. The quantitative estimate of drug-likeness (QED) is 0.529. The molecule has 1 heterocycles. The van der Waals surface area contributed by atoms with Gasteiger partial charge in [-0.3, -0.25) is 4.79 Å². The van der Waals surface area contributed by atoms with Gasteiger partial charge in [-0.25, -0.2) is 15.8 Å². The monoisotopic (exact) mass is 235 g/mol. The van der Waals surface area contributed by atoms with Crippen LogP contribution >= 0.6 is 0 Å². The third-order valence-corrected chi connectivity index (χ3v) is 3.06. The highest BCUT2D eigenvalue weighted by Crippen LogP contribution is 2.24. The Bertz CT molecular complexity index is 391. The lowest BCUT2D eigenvalue weighted by Gasteiger charge is -2.11. The predicted octanol–water partition coefficient (Wildman–Crippen LogP) is 0.681. The molecule has 1 amide bonds. The van der Waals surface area contributed by atoms with Gasteiger partial charge < -0.3 is 10.7 Å². The number of nitrogen functional groups attached to an aromatic ring is 1. The van der Waals surface area contributed by atoms with E-state index in [-0.39, 0.29) is 11.9 Å². The summed E-state index contributed by atoms with van der Waals surface area (Å²) < 4.78 is 0. The number of hydrogen-bond donors (Lipinski definition) is 3. The van der Waals surface area contributed by atoms with Gasteiger partial charge in [0, 0.05) is 6.04 Å². The molecule has 2 rings (SSSR count). The first kappa shape index (κ1) is 11.8. The van der Waals surface area contributed by atoms with Crippen molar-refractivity contribution >= 4 is 11.7 Å². The van der Waals surface area contributed by atoms with Crippen molar-refractivity contribution in [3.63, 3.8) is 0 Å². The fourth-order valence-corrected chi connectivity index (χ4v) is 2.12. The van der Waals surface area contributed by atoms with Crippen LogP contribution in [0, 0.1) is 5.92 Å². The van der Waals surface area contributed by atoms with Crippen LogP contribution in [0.25, 0.3) is 0 Å². The van der Waals surface area contributed by atoms with E-state index in [9.17, 15) is 4.79 Å². The molecule has 6 nitrogen and oxygen atoms in total. The molecule has 1 aliphatic rings. The molecule has 2 unspecified atom stereocenters. The molecule has 0 spiro atoms. The van der Waals surface area contributed by atoms with E-state index in [1.807, 2.05) is 0 Å². The van der Waals surface area contributed by atoms with E-state index < -0.39 is 0 Å². The molecule has 1 saturated carbocycles. The molecule has 4 N–H and O–H groups in total. The normalized spacial score (nSPS) is 23.4. The number of nitrogens with two attached hydrogens (primary N) is 1. The molecule has 0 bridgehead atoms. The van der Waals surface area contributed by atoms with Gasteiger partial charge in [0.15, 0.2) is 5.82 Å². The van der Waals surface area contributed by atoms with Crippen LogP contribution in [0.5, 0.6) is 0 Å². The molecule has 0 aliphatic heterocycles. The highest BCUT2D eigenvalue weighted by atomic mass is 16.1. The minimum absolute atomic E-state index is 0.167. The predicted molar refractivity (Wildman–Crippen MR) is 64.1 cm³/mol. The Balaban J connectivity index is 1.94. The van der Waals surface area contributed by atoms with Gasteiger partial charge in [-0.05, 0) is 25.2 Å². The first-order chi connectivity index (χ1) is 8.19. The molecule has 0 saturated heterocycles. The number of carbonyl (C=O) groups excluding carboxylic acids is 1. The number of carbonyl (C=O) groups is 1. The van der Waals surface area contributed by atoms with Gasteiger partial charge in [0.1, 0.15) is 5.69 Å². The van der Waals surface area contributed by atoms with Crippen molar-refractivity contribution < 1.29 is 4.79 Å². The van der Waals surface area contributed by atoms with Crippen LogP contribution in [0.1, 0.15) is 36.7 Å². The van der Waals surface area contributed by atoms with Crippen molar-refractivity contribution in [2.75, 3.05) is 5.43 Å². The lowest BCUT2D eigenvalue weighted by molar-refractivity contribution is 0.0932. The van der Waals surface area contributed by atoms with Gasteiger partial charge in [-0.2, -0.15) is 0 Å². The van der Waals surface area contributed by atoms with Crippen LogP contribution in [0.4, 0.5) is 5.82 Å². The summed E-state index contributed by atoms with van der Waals surface area (Å²) >= 11 is 0. The Morgan fingerprint density at radius 2 is 2.24 bits per heavy atom. The lowest BCUT2D eigenvalue weighted by atomic mass is 10.1. The molecule has 2 atom stereocenters. The summed E-state index contributed by atoms with van der Waals surface area (Å²) in [5.74, 6) is 6.13. The van der Waals surface area contributed by atoms with E-state index in [4.69, 9.17) is 5.84 Å². The molecule has 92 valence electrons. The highest BCUT2D eigenvalue weighted by molar-refractivity contribution is 5.92. The van der Waals surface area contributed by atoms with Crippen molar-refractivity contribution in [2.24, 2.45) is 11.8 Å². The maximum absolute atomic E-state index is 11.8. The Hall–Kier alpha value is -1.69. The van der Waals surface area contributed by atoms with Gasteiger partial charge in [0.25, 0.3) is 5.91 Å². The molecular weight excluding hydrogens is 218 g/mol. The molecule has 1 aromatic rings. The van der Waals surface area contributed by atoms with Gasteiger partial charge in [-0.1, -0.05) is 6.92 Å². The molecule has 17 heavy (non-hydrogen) atoms. The average Bonchev–Trinajstić information content (AvgIpc) is 2.75. The van der Waals surface area contributed by atoms with Crippen LogP contribution in [0.3, 0.4) is 0 Å². The van der Waals surface area contributed by atoms with Crippen molar-refractivity contribution in [3.05, 3.63) is 18.1 Å². The topological polar surface area (TPSA) is 92.9 Å². The van der Waals surface area contributed by atoms with Crippen LogP contribution < -0.4 is 16.6 Å².